The highest BCUT2D eigenvalue weighted by Gasteiger charge is 2.26. The Labute approximate surface area is 66.9 Å². The van der Waals surface area contributed by atoms with E-state index in [9.17, 15) is 10.0 Å². The molecule has 1 amide bonds. The summed E-state index contributed by atoms with van der Waals surface area (Å²) in [5, 5.41) is 9.89. The molecule has 0 rings (SSSR count). The van der Waals surface area contributed by atoms with E-state index in [1.807, 2.05) is 0 Å². The van der Waals surface area contributed by atoms with E-state index in [1.165, 1.54) is 6.92 Å². The third-order valence-electron chi connectivity index (χ3n) is 1.23. The Bertz CT molecular complexity index is 149. The first-order valence-electron chi connectivity index (χ1n) is 3.55. The molecule has 4 nitrogen and oxygen atoms in total. The van der Waals surface area contributed by atoms with Gasteiger partial charge in [0.05, 0.1) is 11.6 Å². The first kappa shape index (κ1) is 10.4. The van der Waals surface area contributed by atoms with Crippen LogP contribution in [0.4, 0.5) is 0 Å². The van der Waals surface area contributed by atoms with Crippen LogP contribution in [0.5, 0.6) is 0 Å². The topological polar surface area (TPSA) is 66.6 Å². The fourth-order valence-corrected chi connectivity index (χ4v) is 0.523. The van der Waals surface area contributed by atoms with Gasteiger partial charge in [-0.05, 0) is 27.7 Å². The van der Waals surface area contributed by atoms with Crippen molar-refractivity contribution in [2.75, 3.05) is 0 Å². The van der Waals surface area contributed by atoms with Gasteiger partial charge in [0, 0.05) is 0 Å². The van der Waals surface area contributed by atoms with Gasteiger partial charge in [-0.3, -0.25) is 10.0 Å². The van der Waals surface area contributed by atoms with Crippen LogP contribution in [0.15, 0.2) is 0 Å². The maximum atomic E-state index is 11.0. The minimum atomic E-state index is -0.653. The van der Waals surface area contributed by atoms with Crippen LogP contribution in [0.25, 0.3) is 0 Å². The van der Waals surface area contributed by atoms with E-state index in [2.05, 4.69) is 0 Å². The van der Waals surface area contributed by atoms with E-state index < -0.39 is 17.5 Å². The second-order valence-corrected chi connectivity index (χ2v) is 3.61. The molecule has 0 aromatic rings. The quantitative estimate of drug-likeness (QED) is 0.429. The van der Waals surface area contributed by atoms with Crippen LogP contribution in [0, 0.1) is 0 Å². The predicted molar refractivity (Wildman–Crippen MR) is 42.0 cm³/mol. The largest absolute Gasteiger partial charge is 0.320 e. The van der Waals surface area contributed by atoms with Gasteiger partial charge >= 0.3 is 0 Å². The molecule has 0 radical (unpaired) electrons. The Morgan fingerprint density at radius 2 is 1.91 bits per heavy atom. The summed E-state index contributed by atoms with van der Waals surface area (Å²) in [6.45, 7) is 6.73. The van der Waals surface area contributed by atoms with Crippen molar-refractivity contribution in [1.82, 2.24) is 5.06 Å². The molecule has 0 saturated heterocycles. The van der Waals surface area contributed by atoms with E-state index in [1.54, 1.807) is 20.8 Å². The summed E-state index contributed by atoms with van der Waals surface area (Å²) in [7, 11) is 0. The van der Waals surface area contributed by atoms with Crippen molar-refractivity contribution in [3.8, 4) is 0 Å². The van der Waals surface area contributed by atoms with E-state index in [4.69, 9.17) is 5.73 Å². The smallest absolute Gasteiger partial charge is 0.263 e. The van der Waals surface area contributed by atoms with Crippen molar-refractivity contribution < 1.29 is 10.0 Å². The summed E-state index contributed by atoms with van der Waals surface area (Å²) in [6.07, 6.45) is 0. The molecule has 0 unspecified atom stereocenters. The Kier molecular flexibility index (Phi) is 3.02. The van der Waals surface area contributed by atoms with Crippen LogP contribution < -0.4 is 5.73 Å². The summed E-state index contributed by atoms with van der Waals surface area (Å²) in [5.41, 5.74) is 4.70. The molecule has 0 aliphatic rings. The standard InChI is InChI=1S/C7H16N2O2/c1-5(8)6(10)9(11)7(2,3)4/h5,11H,8H2,1-4H3/t5-/m0/s1. The van der Waals surface area contributed by atoms with Crippen molar-refractivity contribution in [2.45, 2.75) is 39.3 Å². The molecular formula is C7H16N2O2. The Morgan fingerprint density at radius 1 is 1.55 bits per heavy atom. The summed E-state index contributed by atoms with van der Waals surface area (Å²) < 4.78 is 0. The van der Waals surface area contributed by atoms with Crippen LogP contribution in [-0.4, -0.2) is 27.8 Å². The molecule has 0 aliphatic heterocycles. The van der Waals surface area contributed by atoms with Gasteiger partial charge < -0.3 is 5.73 Å². The minimum Gasteiger partial charge on any atom is -0.320 e. The lowest BCUT2D eigenvalue weighted by Gasteiger charge is -2.30. The molecule has 0 heterocycles. The first-order valence-corrected chi connectivity index (χ1v) is 3.55. The van der Waals surface area contributed by atoms with E-state index >= 15 is 0 Å². The summed E-state index contributed by atoms with van der Waals surface area (Å²) in [6, 6.07) is -0.653. The van der Waals surface area contributed by atoms with Gasteiger partial charge in [-0.15, -0.1) is 0 Å². The molecule has 0 saturated carbocycles. The van der Waals surface area contributed by atoms with Gasteiger partial charge in [0.2, 0.25) is 0 Å². The molecule has 1 atom stereocenters. The van der Waals surface area contributed by atoms with Crippen LogP contribution >= 0.6 is 0 Å². The Balaban J connectivity index is 4.26. The van der Waals surface area contributed by atoms with Gasteiger partial charge in [-0.1, -0.05) is 0 Å². The lowest BCUT2D eigenvalue weighted by atomic mass is 10.1. The van der Waals surface area contributed by atoms with E-state index in [0.29, 0.717) is 5.06 Å². The number of carbonyl (C=O) groups excluding carboxylic acids is 1. The van der Waals surface area contributed by atoms with Crippen molar-refractivity contribution in [2.24, 2.45) is 5.73 Å². The van der Waals surface area contributed by atoms with Crippen molar-refractivity contribution in [3.05, 3.63) is 0 Å². The summed E-state index contributed by atoms with van der Waals surface area (Å²) >= 11 is 0. The van der Waals surface area contributed by atoms with Crippen LogP contribution in [0.3, 0.4) is 0 Å². The molecule has 3 N–H and O–H groups in total. The average Bonchev–Trinajstić information content (AvgIpc) is 1.82. The predicted octanol–water partition coefficient (Wildman–Crippen LogP) is 0.350. The number of nitrogens with two attached hydrogens (primary N) is 1. The second-order valence-electron chi connectivity index (χ2n) is 3.61. The Hall–Kier alpha value is -0.610. The highest BCUT2D eigenvalue weighted by molar-refractivity contribution is 5.80. The third kappa shape index (κ3) is 2.86. The van der Waals surface area contributed by atoms with E-state index in [0.717, 1.165) is 0 Å². The molecule has 0 bridgehead atoms. The van der Waals surface area contributed by atoms with E-state index in [-0.39, 0.29) is 0 Å². The molecule has 0 aromatic heterocycles. The number of hydrogen-bond acceptors (Lipinski definition) is 3. The zero-order chi connectivity index (χ0) is 9.23. The molecule has 4 heteroatoms. The monoisotopic (exact) mass is 160 g/mol. The first-order chi connectivity index (χ1) is 4.76. The fraction of sp³-hybridized carbons (Fsp3) is 0.857. The summed E-state index contributed by atoms with van der Waals surface area (Å²) in [4.78, 5) is 11.0. The normalized spacial score (nSPS) is 14.4. The second kappa shape index (κ2) is 3.19. The number of hydroxylamine groups is 2. The molecular weight excluding hydrogens is 144 g/mol. The van der Waals surface area contributed by atoms with Gasteiger partial charge in [-0.25, -0.2) is 5.06 Å². The fourth-order valence-electron chi connectivity index (χ4n) is 0.523. The van der Waals surface area contributed by atoms with Crippen molar-refractivity contribution in [3.63, 3.8) is 0 Å². The molecule has 0 aromatic carbocycles. The Morgan fingerprint density at radius 3 is 2.00 bits per heavy atom. The SMILES string of the molecule is C[C@H](N)C(=O)N(O)C(C)(C)C. The lowest BCUT2D eigenvalue weighted by Crippen LogP contribution is -2.49. The maximum absolute atomic E-state index is 11.0. The molecule has 0 aliphatic carbocycles. The van der Waals surface area contributed by atoms with Gasteiger partial charge in [-0.2, -0.15) is 0 Å². The maximum Gasteiger partial charge on any atom is 0.263 e. The number of rotatable bonds is 1. The number of nitrogens with zero attached hydrogens (tertiary/aromatic N) is 1. The molecule has 66 valence electrons. The van der Waals surface area contributed by atoms with Crippen molar-refractivity contribution in [1.29, 1.82) is 0 Å². The molecule has 11 heavy (non-hydrogen) atoms. The minimum absolute atomic E-state index is 0.461. The van der Waals surface area contributed by atoms with Gasteiger partial charge in [0.25, 0.3) is 5.91 Å². The number of carbonyl (C=O) groups is 1. The van der Waals surface area contributed by atoms with Gasteiger partial charge in [0.1, 0.15) is 0 Å². The number of hydrogen-bond donors (Lipinski definition) is 2. The molecule has 0 spiro atoms. The van der Waals surface area contributed by atoms with Gasteiger partial charge in [0.15, 0.2) is 0 Å². The highest BCUT2D eigenvalue weighted by Crippen LogP contribution is 2.10. The lowest BCUT2D eigenvalue weighted by molar-refractivity contribution is -0.187. The third-order valence-corrected chi connectivity index (χ3v) is 1.23. The van der Waals surface area contributed by atoms with Crippen molar-refractivity contribution >= 4 is 5.91 Å². The van der Waals surface area contributed by atoms with Crippen LogP contribution in [0.2, 0.25) is 0 Å². The zero-order valence-electron chi connectivity index (χ0n) is 7.46. The highest BCUT2D eigenvalue weighted by atomic mass is 16.5. The summed E-state index contributed by atoms with van der Waals surface area (Å²) in [5.74, 6) is -0.461. The molecule has 0 fully saturated rings. The van der Waals surface area contributed by atoms with Crippen LogP contribution in [0.1, 0.15) is 27.7 Å². The average molecular weight is 160 g/mol. The number of amides is 1. The zero-order valence-corrected chi connectivity index (χ0v) is 7.46. The van der Waals surface area contributed by atoms with Crippen LogP contribution in [-0.2, 0) is 4.79 Å².